The van der Waals surface area contributed by atoms with Crippen LogP contribution in [-0.4, -0.2) is 31.7 Å². The number of carbonyl (C=O) groups excluding carboxylic acids is 1. The largest absolute Gasteiger partial charge is 0.322 e. The van der Waals surface area contributed by atoms with Crippen LogP contribution in [-0.2, 0) is 16.4 Å². The molecule has 0 bridgehead atoms. The maximum Gasteiger partial charge on any atom is 0.257 e. The van der Waals surface area contributed by atoms with Gasteiger partial charge in [-0.1, -0.05) is 49.6 Å². The Kier molecular flexibility index (Phi) is 6.75. The Morgan fingerprint density at radius 1 is 1.07 bits per heavy atom. The summed E-state index contributed by atoms with van der Waals surface area (Å²) in [5.74, 6) is -0.418. The summed E-state index contributed by atoms with van der Waals surface area (Å²) in [5.41, 5.74) is 1.86. The molecule has 2 aromatic rings. The molecule has 1 N–H and O–H groups in total. The van der Waals surface area contributed by atoms with Gasteiger partial charge in [-0.15, -0.1) is 0 Å². The molecule has 1 aliphatic heterocycles. The van der Waals surface area contributed by atoms with Crippen molar-refractivity contribution in [3.8, 4) is 0 Å². The van der Waals surface area contributed by atoms with E-state index in [0.717, 1.165) is 37.7 Å². The smallest absolute Gasteiger partial charge is 0.257 e. The molecule has 0 spiro atoms. The Morgan fingerprint density at radius 2 is 1.75 bits per heavy atom. The highest BCUT2D eigenvalue weighted by atomic mass is 35.5. The Hall–Kier alpha value is -1.89. The number of rotatable bonds is 5. The van der Waals surface area contributed by atoms with E-state index in [-0.39, 0.29) is 15.5 Å². The lowest BCUT2D eigenvalue weighted by Crippen LogP contribution is -2.32. The number of amides is 1. The summed E-state index contributed by atoms with van der Waals surface area (Å²) in [7, 11) is -3.65. The van der Waals surface area contributed by atoms with Crippen LogP contribution in [0.4, 0.5) is 5.69 Å². The van der Waals surface area contributed by atoms with Crippen LogP contribution >= 0.6 is 11.6 Å². The van der Waals surface area contributed by atoms with E-state index in [9.17, 15) is 13.2 Å². The number of aryl methyl sites for hydroxylation is 1. The normalized spacial score (nSPS) is 15.8. The number of nitrogens with one attached hydrogen (secondary N) is 1. The summed E-state index contributed by atoms with van der Waals surface area (Å²) in [5, 5.41) is 3.08. The molecule has 28 heavy (non-hydrogen) atoms. The van der Waals surface area contributed by atoms with E-state index in [1.54, 1.807) is 0 Å². The number of hydrogen-bond acceptors (Lipinski definition) is 3. The van der Waals surface area contributed by atoms with Crippen molar-refractivity contribution in [3.05, 3.63) is 58.6 Å². The van der Waals surface area contributed by atoms with Crippen LogP contribution in [0.5, 0.6) is 0 Å². The third-order valence-corrected chi connectivity index (χ3v) is 7.26. The van der Waals surface area contributed by atoms with Crippen molar-refractivity contribution in [3.63, 3.8) is 0 Å². The molecule has 3 rings (SSSR count). The van der Waals surface area contributed by atoms with Crippen LogP contribution in [0, 0.1) is 0 Å². The molecule has 7 heteroatoms. The molecule has 0 atom stereocenters. The predicted octanol–water partition coefficient (Wildman–Crippen LogP) is 4.72. The SMILES string of the molecule is CCc1ccccc1NC(=O)c1cc(S(=O)(=O)N2CCCCCC2)ccc1Cl. The molecule has 5 nitrogen and oxygen atoms in total. The van der Waals surface area contributed by atoms with Crippen molar-refractivity contribution < 1.29 is 13.2 Å². The van der Waals surface area contributed by atoms with Crippen LogP contribution < -0.4 is 5.32 Å². The van der Waals surface area contributed by atoms with Crippen LogP contribution in [0.25, 0.3) is 0 Å². The molecule has 1 heterocycles. The molecular weight excluding hydrogens is 396 g/mol. The first-order chi connectivity index (χ1) is 13.4. The van der Waals surface area contributed by atoms with Crippen molar-refractivity contribution in [2.45, 2.75) is 43.9 Å². The molecule has 0 aromatic heterocycles. The monoisotopic (exact) mass is 420 g/mol. The average molecular weight is 421 g/mol. The number of sulfonamides is 1. The number of benzene rings is 2. The molecule has 0 unspecified atom stereocenters. The van der Waals surface area contributed by atoms with E-state index in [2.05, 4.69) is 5.32 Å². The fourth-order valence-corrected chi connectivity index (χ4v) is 5.16. The van der Waals surface area contributed by atoms with Crippen molar-refractivity contribution in [2.75, 3.05) is 18.4 Å². The third kappa shape index (κ3) is 4.57. The number of halogens is 1. The molecule has 0 saturated carbocycles. The van der Waals surface area contributed by atoms with Gasteiger partial charge in [0.25, 0.3) is 5.91 Å². The summed E-state index contributed by atoms with van der Waals surface area (Å²) in [6, 6.07) is 11.9. The van der Waals surface area contributed by atoms with Crippen LogP contribution in [0.15, 0.2) is 47.4 Å². The fraction of sp³-hybridized carbons (Fsp3) is 0.381. The zero-order valence-corrected chi connectivity index (χ0v) is 17.5. The van der Waals surface area contributed by atoms with Gasteiger partial charge in [0.15, 0.2) is 0 Å². The first-order valence-corrected chi connectivity index (χ1v) is 11.4. The highest BCUT2D eigenvalue weighted by molar-refractivity contribution is 7.89. The van der Waals surface area contributed by atoms with E-state index in [1.807, 2.05) is 31.2 Å². The predicted molar refractivity (Wildman–Crippen MR) is 112 cm³/mol. The van der Waals surface area contributed by atoms with E-state index in [4.69, 9.17) is 11.6 Å². The van der Waals surface area contributed by atoms with Crippen molar-refractivity contribution in [2.24, 2.45) is 0 Å². The maximum absolute atomic E-state index is 13.0. The van der Waals surface area contributed by atoms with Gasteiger partial charge in [-0.25, -0.2) is 8.42 Å². The van der Waals surface area contributed by atoms with Gasteiger partial charge in [0.05, 0.1) is 15.5 Å². The molecule has 1 aliphatic rings. The number of nitrogens with zero attached hydrogens (tertiary/aromatic N) is 1. The van der Waals surface area contributed by atoms with Gasteiger partial charge in [-0.05, 0) is 49.1 Å². The van der Waals surface area contributed by atoms with Gasteiger partial charge in [0, 0.05) is 18.8 Å². The minimum atomic E-state index is -3.65. The van der Waals surface area contributed by atoms with E-state index in [0.29, 0.717) is 18.8 Å². The molecule has 1 saturated heterocycles. The van der Waals surface area contributed by atoms with E-state index in [1.165, 1.54) is 22.5 Å². The zero-order chi connectivity index (χ0) is 20.1. The zero-order valence-electron chi connectivity index (χ0n) is 15.9. The summed E-state index contributed by atoms with van der Waals surface area (Å²) in [6.45, 7) is 3.03. The lowest BCUT2D eigenvalue weighted by Gasteiger charge is -2.20. The topological polar surface area (TPSA) is 66.5 Å². The van der Waals surface area contributed by atoms with Crippen LogP contribution in [0.2, 0.25) is 5.02 Å². The summed E-state index contributed by atoms with van der Waals surface area (Å²) in [4.78, 5) is 12.9. The summed E-state index contributed by atoms with van der Waals surface area (Å²) < 4.78 is 27.6. The summed E-state index contributed by atoms with van der Waals surface area (Å²) >= 11 is 6.22. The van der Waals surface area contributed by atoms with Crippen molar-refractivity contribution in [1.82, 2.24) is 4.31 Å². The van der Waals surface area contributed by atoms with Gasteiger partial charge in [-0.2, -0.15) is 4.31 Å². The Labute approximate surface area is 171 Å². The van der Waals surface area contributed by atoms with E-state index < -0.39 is 15.9 Å². The van der Waals surface area contributed by atoms with Gasteiger partial charge in [0.2, 0.25) is 10.0 Å². The average Bonchev–Trinajstić information content (AvgIpc) is 2.98. The second-order valence-corrected chi connectivity index (χ2v) is 9.27. The molecule has 1 fully saturated rings. The Bertz CT molecular complexity index is 952. The quantitative estimate of drug-likeness (QED) is 0.761. The minimum Gasteiger partial charge on any atom is -0.322 e. The lowest BCUT2D eigenvalue weighted by atomic mass is 10.1. The second-order valence-electron chi connectivity index (χ2n) is 6.92. The highest BCUT2D eigenvalue weighted by Gasteiger charge is 2.26. The van der Waals surface area contributed by atoms with E-state index >= 15 is 0 Å². The molecular formula is C21H25ClN2O3S. The van der Waals surface area contributed by atoms with Crippen molar-refractivity contribution >= 4 is 33.2 Å². The molecule has 0 aliphatic carbocycles. The minimum absolute atomic E-state index is 0.104. The number of hydrogen-bond donors (Lipinski definition) is 1. The third-order valence-electron chi connectivity index (χ3n) is 5.03. The molecule has 1 amide bonds. The van der Waals surface area contributed by atoms with Crippen LogP contribution in [0.1, 0.15) is 48.5 Å². The standard InChI is InChI=1S/C21H25ClN2O3S/c1-2-16-9-5-6-10-20(16)23-21(25)18-15-17(11-12-19(18)22)28(26,27)24-13-7-3-4-8-14-24/h5-6,9-12,15H,2-4,7-8,13-14H2,1H3,(H,23,25). The van der Waals surface area contributed by atoms with Crippen molar-refractivity contribution in [1.29, 1.82) is 0 Å². The van der Waals surface area contributed by atoms with Gasteiger partial charge in [-0.3, -0.25) is 4.79 Å². The molecule has 150 valence electrons. The second kappa shape index (κ2) is 9.07. The fourth-order valence-electron chi connectivity index (χ4n) is 3.41. The van der Waals surface area contributed by atoms with Crippen LogP contribution in [0.3, 0.4) is 0 Å². The highest BCUT2D eigenvalue weighted by Crippen LogP contribution is 2.26. The number of anilines is 1. The first kappa shape index (κ1) is 20.8. The molecule has 0 radical (unpaired) electrons. The lowest BCUT2D eigenvalue weighted by molar-refractivity contribution is 0.102. The molecule has 2 aromatic carbocycles. The van der Waals surface area contributed by atoms with Gasteiger partial charge >= 0.3 is 0 Å². The Balaban J connectivity index is 1.89. The first-order valence-electron chi connectivity index (χ1n) is 9.62. The number of para-hydroxylation sites is 1. The summed E-state index contributed by atoms with van der Waals surface area (Å²) in [6.07, 6.45) is 4.56. The maximum atomic E-state index is 13.0. The van der Waals surface area contributed by atoms with Gasteiger partial charge in [0.1, 0.15) is 0 Å². The van der Waals surface area contributed by atoms with Gasteiger partial charge < -0.3 is 5.32 Å². The Morgan fingerprint density at radius 3 is 2.43 bits per heavy atom. The number of carbonyl (C=O) groups is 1.